The summed E-state index contributed by atoms with van der Waals surface area (Å²) in [6.45, 7) is 13.6. The van der Waals surface area contributed by atoms with Crippen LogP contribution < -0.4 is 14.2 Å². The summed E-state index contributed by atoms with van der Waals surface area (Å²) in [4.78, 5) is 15.5. The summed E-state index contributed by atoms with van der Waals surface area (Å²) in [6, 6.07) is 85.2. The molecule has 0 fully saturated rings. The monoisotopic (exact) mass is 1120 g/mol. The van der Waals surface area contributed by atoms with Gasteiger partial charge in [-0.2, -0.15) is 0 Å². The molecule has 0 saturated heterocycles. The highest BCUT2D eigenvalue weighted by atomic mass is 32.2. The number of aromatic hydroxyl groups is 1. The van der Waals surface area contributed by atoms with E-state index in [1.54, 1.807) is 54.6 Å². The lowest BCUT2D eigenvalue weighted by Gasteiger charge is -2.18. The van der Waals surface area contributed by atoms with Crippen LogP contribution in [0.1, 0.15) is 34.0 Å². The fourth-order valence-electron chi connectivity index (χ4n) is 8.02. The smallest absolute Gasteiger partial charge is 0.344 e. The summed E-state index contributed by atoms with van der Waals surface area (Å²) in [5.41, 5.74) is 6.98. The maximum absolute atomic E-state index is 12.0. The topological polar surface area (TPSA) is 131 Å². The zero-order valence-electron chi connectivity index (χ0n) is 45.3. The number of phenolic OH excluding ortho intramolecular Hbond substituents is 1. The van der Waals surface area contributed by atoms with Crippen LogP contribution in [-0.4, -0.2) is 43.6 Å². The number of carbonyl (C=O) groups is 1. The van der Waals surface area contributed by atoms with Crippen LogP contribution >= 0.6 is 0 Å². The van der Waals surface area contributed by atoms with Gasteiger partial charge >= 0.3 is 5.97 Å². The van der Waals surface area contributed by atoms with Crippen LogP contribution in [0.5, 0.6) is 23.0 Å². The molecular weight excluding hydrogens is 1060 g/mol. The number of hydrogen-bond donors (Lipinski definition) is 1. The van der Waals surface area contributed by atoms with E-state index in [9.17, 15) is 17.8 Å². The Morgan fingerprint density at radius 3 is 1.32 bits per heavy atom. The van der Waals surface area contributed by atoms with Crippen LogP contribution in [0.25, 0.3) is 40.5 Å². The standard InChI is InChI=1S/C30H28O3.C18H15S.C15H12O5S.C8H8O/c1-3-24-17-19-27(20-18-24)33-23(2)31-21-22-32-30-28(25-11-6-4-7-12-25)15-10-16-29(30)26-13-8-5-9-14-26;1-4-10-16(11-5-1)19(17-12-6-2-7-13-17)18-14-8-3-9-15-18;1-2-11-7-9-12(10-8-11)20-15(16)13-5-3-4-6-14(13)21(17,18)19;1-2-7-3-5-8(9)6-4-7/h3-20,23H,1,21-22H2,2H3;1-15H;2-10H,1H2,(H,17,18,19);2-6,9H,1H2/q;+1;;/p-1. The second kappa shape index (κ2) is 31.3. The lowest BCUT2D eigenvalue weighted by atomic mass is 9.97. The van der Waals surface area contributed by atoms with Gasteiger partial charge in [-0.3, -0.25) is 0 Å². The molecule has 0 spiro atoms. The van der Waals surface area contributed by atoms with Crippen LogP contribution in [0.4, 0.5) is 0 Å². The summed E-state index contributed by atoms with van der Waals surface area (Å²) in [6.07, 6.45) is 4.78. The molecule has 10 rings (SSSR count). The van der Waals surface area contributed by atoms with E-state index < -0.39 is 21.0 Å². The number of para-hydroxylation sites is 1. The third-order valence-electron chi connectivity index (χ3n) is 12.1. The van der Waals surface area contributed by atoms with E-state index >= 15 is 0 Å². The Balaban J connectivity index is 0.000000171. The number of phenols is 1. The molecule has 412 valence electrons. The van der Waals surface area contributed by atoms with Gasteiger partial charge in [-0.25, -0.2) is 13.2 Å². The van der Waals surface area contributed by atoms with Gasteiger partial charge in [0.2, 0.25) is 0 Å². The molecule has 10 aromatic carbocycles. The molecule has 1 atom stereocenters. The molecule has 0 saturated carbocycles. The molecule has 0 radical (unpaired) electrons. The zero-order chi connectivity index (χ0) is 57.9. The molecular formula is C71H62O9S2. The molecule has 9 nitrogen and oxygen atoms in total. The first-order valence-corrected chi connectivity index (χ1v) is 28.7. The summed E-state index contributed by atoms with van der Waals surface area (Å²) in [5.74, 6) is 1.24. The number of carbonyl (C=O) groups excluding carboxylic acids is 1. The lowest BCUT2D eigenvalue weighted by molar-refractivity contribution is -0.0738. The predicted molar refractivity (Wildman–Crippen MR) is 331 cm³/mol. The lowest BCUT2D eigenvalue weighted by Crippen LogP contribution is -2.20. The Hall–Kier alpha value is -9.49. The summed E-state index contributed by atoms with van der Waals surface area (Å²) in [5, 5.41) is 8.82. The molecule has 0 heterocycles. The first-order chi connectivity index (χ1) is 39.9. The van der Waals surface area contributed by atoms with Gasteiger partial charge in [-0.15, -0.1) is 0 Å². The Morgan fingerprint density at radius 1 is 0.500 bits per heavy atom. The minimum Gasteiger partial charge on any atom is -0.744 e. The number of rotatable bonds is 18. The first-order valence-electron chi connectivity index (χ1n) is 26.1. The minimum absolute atomic E-state index is 0.0146. The van der Waals surface area contributed by atoms with Gasteiger partial charge < -0.3 is 28.6 Å². The van der Waals surface area contributed by atoms with Crippen molar-refractivity contribution in [2.45, 2.75) is 32.8 Å². The molecule has 0 aliphatic carbocycles. The average Bonchev–Trinajstić information content (AvgIpc) is 3.57. The number of hydrogen-bond acceptors (Lipinski definition) is 9. The van der Waals surface area contributed by atoms with Crippen molar-refractivity contribution in [2.75, 3.05) is 13.2 Å². The third-order valence-corrected chi connectivity index (χ3v) is 15.2. The van der Waals surface area contributed by atoms with E-state index in [2.05, 4.69) is 153 Å². The highest BCUT2D eigenvalue weighted by Gasteiger charge is 2.27. The van der Waals surface area contributed by atoms with E-state index in [-0.39, 0.29) is 28.5 Å². The van der Waals surface area contributed by atoms with Crippen molar-refractivity contribution in [3.63, 3.8) is 0 Å². The van der Waals surface area contributed by atoms with Crippen molar-refractivity contribution in [3.8, 4) is 45.3 Å². The molecule has 0 bridgehead atoms. The first kappa shape index (κ1) is 60.2. The van der Waals surface area contributed by atoms with E-state index in [4.69, 9.17) is 24.1 Å². The maximum Gasteiger partial charge on any atom is 0.344 e. The van der Waals surface area contributed by atoms with E-state index in [0.717, 1.165) is 56.5 Å². The van der Waals surface area contributed by atoms with Gasteiger partial charge in [0.05, 0.1) is 28.0 Å². The van der Waals surface area contributed by atoms with Crippen LogP contribution in [0.2, 0.25) is 0 Å². The van der Waals surface area contributed by atoms with Crippen molar-refractivity contribution in [3.05, 3.63) is 309 Å². The van der Waals surface area contributed by atoms with Crippen LogP contribution in [0.15, 0.2) is 306 Å². The van der Waals surface area contributed by atoms with Crippen molar-refractivity contribution in [1.82, 2.24) is 0 Å². The van der Waals surface area contributed by atoms with Crippen LogP contribution in [0.3, 0.4) is 0 Å². The minimum atomic E-state index is -4.75. The molecule has 1 N–H and O–H groups in total. The van der Waals surface area contributed by atoms with Gasteiger partial charge in [-0.05, 0) is 120 Å². The Labute approximate surface area is 484 Å². The molecule has 1 unspecified atom stereocenters. The number of esters is 1. The quantitative estimate of drug-likeness (QED) is 0.0223. The second-order valence-corrected chi connectivity index (χ2v) is 21.1. The van der Waals surface area contributed by atoms with Gasteiger partial charge in [0.15, 0.2) is 21.0 Å². The third kappa shape index (κ3) is 18.3. The SMILES string of the molecule is C=Cc1ccc(O)cc1.C=Cc1ccc(OC(=O)c2ccccc2S(=O)(=O)[O-])cc1.C=Cc1ccc(OC(C)OCCOc2c(-c3ccccc3)cccc2-c2ccccc2)cc1.c1ccc([S+](c2ccccc2)c2ccccc2)cc1. The Bertz CT molecular complexity index is 3530. The fourth-order valence-corrected chi connectivity index (χ4v) is 10.8. The van der Waals surface area contributed by atoms with Gasteiger partial charge in [-0.1, -0.05) is 220 Å². The normalized spacial score (nSPS) is 10.9. The van der Waals surface area contributed by atoms with Crippen LogP contribution in [-0.2, 0) is 25.7 Å². The van der Waals surface area contributed by atoms with Gasteiger partial charge in [0.1, 0.15) is 39.7 Å². The molecule has 11 heteroatoms. The van der Waals surface area contributed by atoms with Gasteiger partial charge in [0, 0.05) is 11.1 Å². The summed E-state index contributed by atoms with van der Waals surface area (Å²) < 4.78 is 56.4. The maximum atomic E-state index is 12.0. The molecule has 0 aliphatic heterocycles. The fraction of sp³-hybridized carbons (Fsp3) is 0.0563. The molecule has 0 aromatic heterocycles. The van der Waals surface area contributed by atoms with Crippen molar-refractivity contribution in [1.29, 1.82) is 0 Å². The van der Waals surface area contributed by atoms with Crippen molar-refractivity contribution in [2.24, 2.45) is 0 Å². The van der Waals surface area contributed by atoms with Crippen molar-refractivity contribution >= 4 is 45.2 Å². The number of ether oxygens (including phenoxy) is 4. The van der Waals surface area contributed by atoms with Gasteiger partial charge in [0.25, 0.3) is 0 Å². The second-order valence-electron chi connectivity index (χ2n) is 17.7. The average molecular weight is 1120 g/mol. The summed E-state index contributed by atoms with van der Waals surface area (Å²) >= 11 is 0. The molecule has 0 amide bonds. The predicted octanol–water partition coefficient (Wildman–Crippen LogP) is 16.8. The molecule has 82 heavy (non-hydrogen) atoms. The summed E-state index contributed by atoms with van der Waals surface area (Å²) in [7, 11) is -4.76. The molecule has 0 aliphatic rings. The number of benzene rings is 10. The van der Waals surface area contributed by atoms with E-state index in [1.807, 2.05) is 79.7 Å². The Morgan fingerprint density at radius 2 is 0.890 bits per heavy atom. The van der Waals surface area contributed by atoms with Crippen LogP contribution in [0, 0.1) is 0 Å². The molecule has 10 aromatic rings. The largest absolute Gasteiger partial charge is 0.744 e. The zero-order valence-corrected chi connectivity index (χ0v) is 46.9. The Kier molecular flexibility index (Phi) is 23.0. The van der Waals surface area contributed by atoms with Crippen molar-refractivity contribution < 1.29 is 41.8 Å². The van der Waals surface area contributed by atoms with E-state index in [1.165, 1.54) is 32.9 Å². The highest BCUT2D eigenvalue weighted by Crippen LogP contribution is 2.39. The highest BCUT2D eigenvalue weighted by molar-refractivity contribution is 7.97. The van der Waals surface area contributed by atoms with E-state index in [0.29, 0.717) is 19.0 Å².